The van der Waals surface area contributed by atoms with Crippen LogP contribution in [0, 0.1) is 11.3 Å². The van der Waals surface area contributed by atoms with E-state index in [1.54, 1.807) is 12.1 Å². The number of ether oxygens (including phenoxy) is 1. The van der Waals surface area contributed by atoms with E-state index in [4.69, 9.17) is 15.7 Å². The first-order valence-electron chi connectivity index (χ1n) is 5.67. The highest BCUT2D eigenvalue weighted by molar-refractivity contribution is 5.50. The maximum absolute atomic E-state index is 8.70. The normalized spacial score (nSPS) is 11.1. The van der Waals surface area contributed by atoms with Gasteiger partial charge in [-0.3, -0.25) is 0 Å². The molecule has 0 aliphatic heterocycles. The Bertz CT molecular complexity index is 634. The van der Waals surface area contributed by atoms with Crippen LogP contribution in [0.3, 0.4) is 0 Å². The molecule has 0 bridgehead atoms. The topological polar surface area (TPSA) is 103 Å². The van der Waals surface area contributed by atoms with Gasteiger partial charge in [0.1, 0.15) is 18.0 Å². The van der Waals surface area contributed by atoms with E-state index in [1.165, 1.54) is 11.0 Å². The molecule has 2 aromatic rings. The van der Waals surface area contributed by atoms with Gasteiger partial charge in [-0.05, 0) is 32.9 Å². The molecular formula is C12H14N6O. The van der Waals surface area contributed by atoms with Crippen LogP contribution in [-0.4, -0.2) is 25.3 Å². The van der Waals surface area contributed by atoms with Crippen LogP contribution in [0.1, 0.15) is 26.6 Å². The van der Waals surface area contributed by atoms with Crippen molar-refractivity contribution in [3.8, 4) is 17.8 Å². The maximum Gasteiger partial charge on any atom is 0.252 e. The Hall–Kier alpha value is -2.62. The van der Waals surface area contributed by atoms with E-state index in [-0.39, 0.29) is 5.82 Å². The number of nitriles is 1. The van der Waals surface area contributed by atoms with Gasteiger partial charge in [0.25, 0.3) is 5.82 Å². The summed E-state index contributed by atoms with van der Waals surface area (Å²) in [4.78, 5) is 8.10. The van der Waals surface area contributed by atoms with Crippen LogP contribution in [-0.2, 0) is 0 Å². The highest BCUT2D eigenvalue weighted by Crippen LogP contribution is 2.24. The molecule has 19 heavy (non-hydrogen) atoms. The first-order chi connectivity index (χ1) is 8.89. The lowest BCUT2D eigenvalue weighted by atomic mass is 10.2. The summed E-state index contributed by atoms with van der Waals surface area (Å²) < 4.78 is 7.06. The van der Waals surface area contributed by atoms with Crippen LogP contribution >= 0.6 is 0 Å². The Morgan fingerprint density at radius 1 is 1.37 bits per heavy atom. The van der Waals surface area contributed by atoms with Gasteiger partial charge in [-0.2, -0.15) is 10.2 Å². The second-order valence-electron chi connectivity index (χ2n) is 4.90. The van der Waals surface area contributed by atoms with E-state index in [0.717, 1.165) is 0 Å². The van der Waals surface area contributed by atoms with E-state index in [9.17, 15) is 0 Å². The Kier molecular flexibility index (Phi) is 3.09. The largest absolute Gasteiger partial charge is 0.470 e. The summed E-state index contributed by atoms with van der Waals surface area (Å²) in [7, 11) is 0. The predicted octanol–water partition coefficient (Wildman–Crippen LogP) is 1.29. The van der Waals surface area contributed by atoms with Crippen molar-refractivity contribution in [3.05, 3.63) is 24.3 Å². The predicted molar refractivity (Wildman–Crippen MR) is 68.7 cm³/mol. The number of nitrogens with two attached hydrogens (primary N) is 1. The lowest BCUT2D eigenvalue weighted by Gasteiger charge is -2.21. The van der Waals surface area contributed by atoms with E-state index in [1.807, 2.05) is 26.8 Å². The van der Waals surface area contributed by atoms with Crippen molar-refractivity contribution in [1.82, 2.24) is 19.7 Å². The zero-order chi connectivity index (χ0) is 14.0. The first-order valence-corrected chi connectivity index (χ1v) is 5.67. The summed E-state index contributed by atoms with van der Waals surface area (Å²) in [6, 6.07) is 5.21. The fraction of sp³-hybridized carbons (Fsp3) is 0.333. The van der Waals surface area contributed by atoms with Crippen molar-refractivity contribution >= 4 is 5.69 Å². The minimum absolute atomic E-state index is 0.0805. The molecule has 0 spiro atoms. The average Bonchev–Trinajstić information content (AvgIpc) is 2.79. The molecule has 7 nitrogen and oxygen atoms in total. The second kappa shape index (κ2) is 4.57. The van der Waals surface area contributed by atoms with Gasteiger partial charge < -0.3 is 10.5 Å². The number of hydrogen-bond acceptors (Lipinski definition) is 6. The van der Waals surface area contributed by atoms with Gasteiger partial charge in [0.05, 0.1) is 5.69 Å². The molecule has 2 heterocycles. The molecule has 0 atom stereocenters. The summed E-state index contributed by atoms with van der Waals surface area (Å²) >= 11 is 0. The standard InChI is InChI=1S/C12H14N6O/c1-12(2,3)19-11-8(14)4-5-10(16-11)18-7-15-9(6-13)17-18/h4-5,7H,14H2,1-3H3. The van der Waals surface area contributed by atoms with Gasteiger partial charge in [-0.1, -0.05) is 0 Å². The Labute approximate surface area is 110 Å². The summed E-state index contributed by atoms with van der Waals surface area (Å²) in [5, 5.41) is 12.6. The summed E-state index contributed by atoms with van der Waals surface area (Å²) in [6.45, 7) is 5.72. The molecule has 0 radical (unpaired) electrons. The number of rotatable bonds is 2. The number of hydrogen-bond donors (Lipinski definition) is 1. The zero-order valence-corrected chi connectivity index (χ0v) is 11.0. The van der Waals surface area contributed by atoms with Crippen LogP contribution in [0.2, 0.25) is 0 Å². The van der Waals surface area contributed by atoms with Crippen LogP contribution in [0.25, 0.3) is 5.82 Å². The lowest BCUT2D eigenvalue weighted by molar-refractivity contribution is 0.125. The number of nitrogens with zero attached hydrogens (tertiary/aromatic N) is 5. The Morgan fingerprint density at radius 2 is 2.11 bits per heavy atom. The molecule has 0 unspecified atom stereocenters. The zero-order valence-electron chi connectivity index (χ0n) is 11.0. The van der Waals surface area contributed by atoms with Crippen molar-refractivity contribution in [2.24, 2.45) is 0 Å². The third-order valence-corrected chi connectivity index (χ3v) is 2.10. The summed E-state index contributed by atoms with van der Waals surface area (Å²) in [5.74, 6) is 0.901. The van der Waals surface area contributed by atoms with Crippen molar-refractivity contribution < 1.29 is 4.74 Å². The average molecular weight is 258 g/mol. The highest BCUT2D eigenvalue weighted by atomic mass is 16.5. The fourth-order valence-corrected chi connectivity index (χ4v) is 1.37. The van der Waals surface area contributed by atoms with Gasteiger partial charge in [-0.25, -0.2) is 9.67 Å². The second-order valence-corrected chi connectivity index (χ2v) is 4.90. The molecule has 98 valence electrons. The molecular weight excluding hydrogens is 244 g/mol. The summed E-state index contributed by atoms with van der Waals surface area (Å²) in [5.41, 5.74) is 5.86. The van der Waals surface area contributed by atoms with E-state index in [2.05, 4.69) is 15.1 Å². The van der Waals surface area contributed by atoms with Crippen molar-refractivity contribution in [3.63, 3.8) is 0 Å². The third-order valence-electron chi connectivity index (χ3n) is 2.10. The third kappa shape index (κ3) is 2.98. The van der Waals surface area contributed by atoms with E-state index < -0.39 is 5.60 Å². The quantitative estimate of drug-likeness (QED) is 0.870. The molecule has 0 aliphatic rings. The number of pyridine rings is 1. The first kappa shape index (κ1) is 12.8. The minimum atomic E-state index is -0.403. The smallest absolute Gasteiger partial charge is 0.252 e. The highest BCUT2D eigenvalue weighted by Gasteiger charge is 2.16. The Balaban J connectivity index is 2.38. The van der Waals surface area contributed by atoms with E-state index >= 15 is 0 Å². The minimum Gasteiger partial charge on any atom is -0.470 e. The SMILES string of the molecule is CC(C)(C)Oc1nc(-n2cnc(C#N)n2)ccc1N. The molecule has 0 aliphatic carbocycles. The van der Waals surface area contributed by atoms with Crippen LogP contribution < -0.4 is 10.5 Å². The summed E-state index contributed by atoms with van der Waals surface area (Å²) in [6.07, 6.45) is 1.41. The fourth-order valence-electron chi connectivity index (χ4n) is 1.37. The molecule has 2 aromatic heterocycles. The van der Waals surface area contributed by atoms with Crippen LogP contribution in [0.5, 0.6) is 5.88 Å². The molecule has 0 saturated heterocycles. The molecule has 0 aromatic carbocycles. The van der Waals surface area contributed by atoms with Crippen molar-refractivity contribution in [1.29, 1.82) is 5.26 Å². The van der Waals surface area contributed by atoms with Gasteiger partial charge >= 0.3 is 0 Å². The number of nitrogen functional groups attached to an aromatic ring is 1. The monoisotopic (exact) mass is 258 g/mol. The van der Waals surface area contributed by atoms with Crippen molar-refractivity contribution in [2.45, 2.75) is 26.4 Å². The molecule has 0 amide bonds. The maximum atomic E-state index is 8.70. The number of anilines is 1. The van der Waals surface area contributed by atoms with Gasteiger partial charge in [0.15, 0.2) is 5.82 Å². The van der Waals surface area contributed by atoms with Crippen LogP contribution in [0.15, 0.2) is 18.5 Å². The van der Waals surface area contributed by atoms with Crippen molar-refractivity contribution in [2.75, 3.05) is 5.73 Å². The molecule has 7 heteroatoms. The molecule has 0 saturated carbocycles. The van der Waals surface area contributed by atoms with Gasteiger partial charge in [0, 0.05) is 0 Å². The van der Waals surface area contributed by atoms with Gasteiger partial charge in [0.2, 0.25) is 5.88 Å². The molecule has 2 rings (SSSR count). The number of aromatic nitrogens is 4. The lowest BCUT2D eigenvalue weighted by Crippen LogP contribution is -2.24. The molecule has 0 fully saturated rings. The van der Waals surface area contributed by atoms with Crippen LogP contribution in [0.4, 0.5) is 5.69 Å². The van der Waals surface area contributed by atoms with E-state index in [0.29, 0.717) is 17.4 Å². The molecule has 2 N–H and O–H groups in total. The Morgan fingerprint density at radius 3 is 2.68 bits per heavy atom. The van der Waals surface area contributed by atoms with Gasteiger partial charge in [-0.15, -0.1) is 5.10 Å².